The van der Waals surface area contributed by atoms with E-state index in [0.29, 0.717) is 36.9 Å². The fraction of sp³-hybridized carbons (Fsp3) is 0.500. The summed E-state index contributed by atoms with van der Waals surface area (Å²) in [5.41, 5.74) is 0.440. The summed E-state index contributed by atoms with van der Waals surface area (Å²) in [7, 11) is 1.90. The summed E-state index contributed by atoms with van der Waals surface area (Å²) in [6.45, 7) is 5.52. The van der Waals surface area contributed by atoms with Crippen molar-refractivity contribution in [3.8, 4) is 5.69 Å². The van der Waals surface area contributed by atoms with E-state index in [0.717, 1.165) is 54.6 Å². The molecule has 8 nitrogen and oxygen atoms in total. The average molecular weight is 569 g/mol. The number of rotatable bonds is 6. The maximum Gasteiger partial charge on any atom is 0.418 e. The Morgan fingerprint density at radius 3 is 2.63 bits per heavy atom. The van der Waals surface area contributed by atoms with Crippen LogP contribution in [0.5, 0.6) is 0 Å². The minimum atomic E-state index is -4.60. The molecule has 2 aliphatic rings. The van der Waals surface area contributed by atoms with Gasteiger partial charge in [0.15, 0.2) is 0 Å². The molecule has 0 radical (unpaired) electrons. The van der Waals surface area contributed by atoms with Gasteiger partial charge in [-0.3, -0.25) is 13.9 Å². The zero-order valence-corrected chi connectivity index (χ0v) is 23.3. The van der Waals surface area contributed by atoms with E-state index in [-0.39, 0.29) is 17.4 Å². The third-order valence-corrected chi connectivity index (χ3v) is 8.55. The van der Waals surface area contributed by atoms with Crippen LogP contribution in [0.1, 0.15) is 61.0 Å². The zero-order chi connectivity index (χ0) is 28.7. The molecular weight excluding hydrogens is 533 g/mol. The Morgan fingerprint density at radius 2 is 1.93 bits per heavy atom. The minimum absolute atomic E-state index is 0.0941. The van der Waals surface area contributed by atoms with Gasteiger partial charge in [-0.05, 0) is 73.4 Å². The number of hydrogen-bond acceptors (Lipinski definition) is 5. The Labute approximate surface area is 236 Å². The van der Waals surface area contributed by atoms with Gasteiger partial charge in [-0.25, -0.2) is 4.79 Å². The molecule has 0 N–H and O–H groups in total. The molecule has 218 valence electrons. The molecule has 41 heavy (non-hydrogen) atoms. The SMILES string of the molecule is C[C@H]1CCCN(Cc2cc(C(F)(F)F)c3cn(-c4cccc([C@@H](c5nncn5C)C5CCOCC5)c4)c(=O)n3c2)C1. The van der Waals surface area contributed by atoms with Gasteiger partial charge < -0.3 is 9.30 Å². The van der Waals surface area contributed by atoms with E-state index in [1.807, 2.05) is 29.8 Å². The average Bonchev–Trinajstić information content (AvgIpc) is 3.51. The molecule has 2 aliphatic heterocycles. The molecule has 1 aromatic carbocycles. The summed E-state index contributed by atoms with van der Waals surface area (Å²) in [4.78, 5) is 15.8. The largest absolute Gasteiger partial charge is 0.418 e. The monoisotopic (exact) mass is 568 g/mol. The van der Waals surface area contributed by atoms with Crippen molar-refractivity contribution in [2.45, 2.75) is 51.2 Å². The number of aromatic nitrogens is 5. The Morgan fingerprint density at radius 1 is 1.12 bits per heavy atom. The maximum atomic E-state index is 14.3. The molecule has 0 amide bonds. The van der Waals surface area contributed by atoms with Crippen molar-refractivity contribution in [2.75, 3.05) is 26.3 Å². The van der Waals surface area contributed by atoms with Crippen LogP contribution < -0.4 is 5.69 Å². The Bertz CT molecular complexity index is 1580. The molecule has 2 atom stereocenters. The molecule has 0 spiro atoms. The second-order valence-electron chi connectivity index (χ2n) is 11.6. The van der Waals surface area contributed by atoms with E-state index >= 15 is 0 Å². The van der Waals surface area contributed by atoms with Crippen molar-refractivity contribution in [1.29, 1.82) is 0 Å². The van der Waals surface area contributed by atoms with Gasteiger partial charge >= 0.3 is 11.9 Å². The molecule has 2 fully saturated rings. The normalized spacial score (nSPS) is 20.1. The summed E-state index contributed by atoms with van der Waals surface area (Å²) in [5.74, 6) is 1.46. The zero-order valence-electron chi connectivity index (χ0n) is 23.3. The Hall–Kier alpha value is -3.44. The summed E-state index contributed by atoms with van der Waals surface area (Å²) in [5, 5.41) is 8.48. The van der Waals surface area contributed by atoms with Crippen molar-refractivity contribution in [1.82, 2.24) is 28.6 Å². The van der Waals surface area contributed by atoms with Gasteiger partial charge in [-0.2, -0.15) is 13.2 Å². The molecule has 6 rings (SSSR count). The lowest BCUT2D eigenvalue weighted by molar-refractivity contribution is -0.136. The number of imidazole rings is 1. The quantitative estimate of drug-likeness (QED) is 0.327. The van der Waals surface area contributed by atoms with Crippen molar-refractivity contribution in [2.24, 2.45) is 18.9 Å². The number of ether oxygens (including phenoxy) is 1. The van der Waals surface area contributed by atoms with Gasteiger partial charge in [-0.1, -0.05) is 19.1 Å². The highest BCUT2D eigenvalue weighted by molar-refractivity contribution is 5.58. The molecule has 2 saturated heterocycles. The predicted octanol–water partition coefficient (Wildman–Crippen LogP) is 5.03. The predicted molar refractivity (Wildman–Crippen MR) is 148 cm³/mol. The van der Waals surface area contributed by atoms with E-state index in [1.54, 1.807) is 18.6 Å². The Balaban J connectivity index is 1.42. The van der Waals surface area contributed by atoms with Crippen LogP contribution in [-0.2, 0) is 24.5 Å². The first-order chi connectivity index (χ1) is 19.7. The third-order valence-electron chi connectivity index (χ3n) is 8.55. The second-order valence-corrected chi connectivity index (χ2v) is 11.6. The number of pyridine rings is 1. The van der Waals surface area contributed by atoms with E-state index in [4.69, 9.17) is 4.74 Å². The number of hydrogen-bond donors (Lipinski definition) is 0. The third kappa shape index (κ3) is 5.57. The molecule has 11 heteroatoms. The number of likely N-dealkylation sites (tertiary alicyclic amines) is 1. The summed E-state index contributed by atoms with van der Waals surface area (Å²) in [6.07, 6.45) is 3.78. The minimum Gasteiger partial charge on any atom is -0.381 e. The van der Waals surface area contributed by atoms with E-state index in [1.165, 1.54) is 16.8 Å². The number of fused-ring (bicyclic) bond motifs is 1. The van der Waals surface area contributed by atoms with Gasteiger partial charge in [0.05, 0.1) is 16.8 Å². The van der Waals surface area contributed by atoms with Gasteiger partial charge in [0.2, 0.25) is 0 Å². The first kappa shape index (κ1) is 27.7. The lowest BCUT2D eigenvalue weighted by Crippen LogP contribution is -2.34. The molecule has 0 aliphatic carbocycles. The number of aryl methyl sites for hydroxylation is 1. The van der Waals surface area contributed by atoms with Gasteiger partial charge in [-0.15, -0.1) is 10.2 Å². The smallest absolute Gasteiger partial charge is 0.381 e. The van der Waals surface area contributed by atoms with Gasteiger partial charge in [0.25, 0.3) is 0 Å². The molecule has 0 unspecified atom stereocenters. The van der Waals surface area contributed by atoms with Crippen molar-refractivity contribution in [3.63, 3.8) is 0 Å². The maximum absolute atomic E-state index is 14.3. The summed E-state index contributed by atoms with van der Waals surface area (Å²) >= 11 is 0. The van der Waals surface area contributed by atoms with Crippen LogP contribution >= 0.6 is 0 Å². The molecule has 0 bridgehead atoms. The van der Waals surface area contributed by atoms with Crippen molar-refractivity contribution in [3.05, 3.63) is 82.1 Å². The highest BCUT2D eigenvalue weighted by Gasteiger charge is 2.35. The van der Waals surface area contributed by atoms with Crippen LogP contribution in [0.2, 0.25) is 0 Å². The lowest BCUT2D eigenvalue weighted by Gasteiger charge is -2.31. The van der Waals surface area contributed by atoms with Crippen LogP contribution in [0.3, 0.4) is 0 Å². The van der Waals surface area contributed by atoms with Crippen molar-refractivity contribution >= 4 is 5.52 Å². The Kier molecular flexibility index (Phi) is 7.50. The van der Waals surface area contributed by atoms with Crippen LogP contribution in [0.15, 0.2) is 53.8 Å². The van der Waals surface area contributed by atoms with E-state index in [9.17, 15) is 18.0 Å². The van der Waals surface area contributed by atoms with Crippen LogP contribution in [-0.4, -0.2) is 54.9 Å². The summed E-state index contributed by atoms with van der Waals surface area (Å²) < 4.78 is 52.8. The standard InChI is InChI=1S/C30H35F3N6O2/c1-20-5-4-10-37(15-20)16-21-13-25(30(31,32)33)26-18-38(29(40)39(26)17-21)24-7-3-6-23(14-24)27(22-8-11-41-12-9-22)28-35-34-19-36(28)2/h3,6-7,13-14,17-20,22,27H,4-5,8-12,15-16H2,1-2H3/t20-,27-/m0/s1. The fourth-order valence-corrected chi connectivity index (χ4v) is 6.56. The molecule has 0 saturated carbocycles. The van der Waals surface area contributed by atoms with E-state index in [2.05, 4.69) is 22.0 Å². The second kappa shape index (κ2) is 11.1. The highest BCUT2D eigenvalue weighted by Crippen LogP contribution is 2.38. The highest BCUT2D eigenvalue weighted by atomic mass is 19.4. The van der Waals surface area contributed by atoms with Gasteiger partial charge in [0, 0.05) is 51.7 Å². The lowest BCUT2D eigenvalue weighted by atomic mass is 9.80. The van der Waals surface area contributed by atoms with Crippen LogP contribution in [0, 0.1) is 11.8 Å². The van der Waals surface area contributed by atoms with Crippen LogP contribution in [0.25, 0.3) is 11.2 Å². The number of nitrogens with zero attached hydrogens (tertiary/aromatic N) is 6. The number of piperidine rings is 1. The topological polar surface area (TPSA) is 69.6 Å². The number of alkyl halides is 3. The van der Waals surface area contributed by atoms with E-state index < -0.39 is 17.4 Å². The van der Waals surface area contributed by atoms with Gasteiger partial charge in [0.1, 0.15) is 12.2 Å². The van der Waals surface area contributed by atoms with Crippen LogP contribution in [0.4, 0.5) is 13.2 Å². The first-order valence-corrected chi connectivity index (χ1v) is 14.3. The number of halogens is 3. The first-order valence-electron chi connectivity index (χ1n) is 14.3. The van der Waals surface area contributed by atoms with Crippen molar-refractivity contribution < 1.29 is 17.9 Å². The summed E-state index contributed by atoms with van der Waals surface area (Å²) in [6, 6.07) is 8.67. The number of benzene rings is 1. The fourth-order valence-electron chi connectivity index (χ4n) is 6.56. The molecule has 5 heterocycles. The molecular formula is C30H35F3N6O2. The molecule has 3 aromatic heterocycles. The molecule has 4 aromatic rings.